The van der Waals surface area contributed by atoms with Gasteiger partial charge in [-0.15, -0.1) is 0 Å². The van der Waals surface area contributed by atoms with Gasteiger partial charge < -0.3 is 15.4 Å². The van der Waals surface area contributed by atoms with Crippen LogP contribution in [0.25, 0.3) is 0 Å². The minimum absolute atomic E-state index is 0.0604. The van der Waals surface area contributed by atoms with Crippen molar-refractivity contribution in [3.8, 4) is 11.5 Å². The molecular weight excluding hydrogens is 448 g/mol. The van der Waals surface area contributed by atoms with Crippen LogP contribution in [0.3, 0.4) is 0 Å². The molecule has 2 aromatic carbocycles. The first kappa shape index (κ1) is 21.3. The molecule has 2 aliphatic rings. The quantitative estimate of drug-likeness (QED) is 0.498. The molecule has 3 N–H and O–H groups in total. The van der Waals surface area contributed by atoms with E-state index in [9.17, 15) is 14.4 Å². The van der Waals surface area contributed by atoms with E-state index in [2.05, 4.69) is 25.3 Å². The van der Waals surface area contributed by atoms with E-state index >= 15 is 0 Å². The maximum absolute atomic E-state index is 12.5. The highest BCUT2D eigenvalue weighted by molar-refractivity contribution is 6.32. The molecule has 10 heteroatoms. The van der Waals surface area contributed by atoms with E-state index in [1.165, 1.54) is 0 Å². The van der Waals surface area contributed by atoms with Gasteiger partial charge >= 0.3 is 5.76 Å². The SMILES string of the molecule is CCc1cc(NC(=O)c2noc(=O)[nH]2)cc(Cl)c1Oc1ccc2c(c1CC)C1(CC1)C(=O)N2. The van der Waals surface area contributed by atoms with Crippen molar-refractivity contribution in [2.24, 2.45) is 0 Å². The van der Waals surface area contributed by atoms with Crippen LogP contribution in [-0.4, -0.2) is 22.0 Å². The van der Waals surface area contributed by atoms with E-state index in [0.29, 0.717) is 35.1 Å². The van der Waals surface area contributed by atoms with Gasteiger partial charge in [-0.25, -0.2) is 4.79 Å². The number of amides is 2. The fourth-order valence-electron chi connectivity index (χ4n) is 4.41. The van der Waals surface area contributed by atoms with Gasteiger partial charge in [-0.1, -0.05) is 25.4 Å². The van der Waals surface area contributed by atoms with Crippen LogP contribution in [0.5, 0.6) is 11.5 Å². The largest absolute Gasteiger partial charge is 0.455 e. The number of aromatic amines is 1. The average Bonchev–Trinajstić information content (AvgIpc) is 3.40. The molecule has 1 aromatic heterocycles. The number of nitrogens with zero attached hydrogens (tertiary/aromatic N) is 1. The maximum atomic E-state index is 12.5. The number of carbonyl (C=O) groups is 2. The summed E-state index contributed by atoms with van der Waals surface area (Å²) < 4.78 is 10.7. The molecule has 0 saturated heterocycles. The van der Waals surface area contributed by atoms with Crippen LogP contribution in [0.4, 0.5) is 11.4 Å². The number of aryl methyl sites for hydroxylation is 1. The van der Waals surface area contributed by atoms with Crippen molar-refractivity contribution in [3.63, 3.8) is 0 Å². The molecule has 33 heavy (non-hydrogen) atoms. The Labute approximate surface area is 193 Å². The number of ether oxygens (including phenoxy) is 1. The van der Waals surface area contributed by atoms with Gasteiger partial charge in [0, 0.05) is 16.9 Å². The molecule has 1 spiro atoms. The number of carbonyl (C=O) groups excluding carboxylic acids is 2. The predicted octanol–water partition coefficient (Wildman–Crippen LogP) is 4.17. The first-order chi connectivity index (χ1) is 15.9. The fourth-order valence-corrected chi connectivity index (χ4v) is 4.69. The Bertz CT molecular complexity index is 1360. The van der Waals surface area contributed by atoms with Crippen LogP contribution in [-0.2, 0) is 23.1 Å². The number of hydrogen-bond acceptors (Lipinski definition) is 6. The van der Waals surface area contributed by atoms with Crippen molar-refractivity contribution in [1.82, 2.24) is 10.1 Å². The third kappa shape index (κ3) is 3.48. The number of fused-ring (bicyclic) bond motifs is 2. The Kier molecular flexibility index (Phi) is 5.01. The third-order valence-corrected chi connectivity index (χ3v) is 6.44. The van der Waals surface area contributed by atoms with Crippen LogP contribution >= 0.6 is 11.6 Å². The number of aromatic nitrogens is 2. The lowest BCUT2D eigenvalue weighted by molar-refractivity contribution is -0.117. The number of nitrogens with one attached hydrogen (secondary N) is 3. The molecule has 170 valence electrons. The predicted molar refractivity (Wildman–Crippen MR) is 121 cm³/mol. The van der Waals surface area contributed by atoms with Crippen molar-refractivity contribution >= 4 is 34.8 Å². The zero-order valence-corrected chi connectivity index (χ0v) is 18.8. The standard InChI is InChI=1S/C23H21ClN4O5/c1-3-11-9-12(25-20(29)19-27-22(31)33-28-19)10-14(24)18(11)32-16-6-5-15-17(13(16)4-2)23(7-8-23)21(30)26-15/h5-6,9-10H,3-4,7-8H2,1-2H3,(H,25,29)(H,26,30)(H,27,28,31). The van der Waals surface area contributed by atoms with E-state index in [0.717, 1.165) is 35.2 Å². The second-order valence-corrected chi connectivity index (χ2v) is 8.56. The summed E-state index contributed by atoms with van der Waals surface area (Å²) in [7, 11) is 0. The van der Waals surface area contributed by atoms with Gasteiger partial charge in [0.25, 0.3) is 5.91 Å². The van der Waals surface area contributed by atoms with Gasteiger partial charge in [-0.2, -0.15) is 0 Å². The Morgan fingerprint density at radius 2 is 2.03 bits per heavy atom. The van der Waals surface area contributed by atoms with Crippen LogP contribution in [0.1, 0.15) is 54.0 Å². The number of H-pyrrole nitrogens is 1. The molecule has 9 nitrogen and oxygen atoms in total. The van der Waals surface area contributed by atoms with E-state index in [-0.39, 0.29) is 11.7 Å². The first-order valence-corrected chi connectivity index (χ1v) is 11.1. The lowest BCUT2D eigenvalue weighted by atomic mass is 9.91. The normalized spacial score (nSPS) is 15.3. The highest BCUT2D eigenvalue weighted by atomic mass is 35.5. The highest BCUT2D eigenvalue weighted by Crippen LogP contribution is 2.58. The Morgan fingerprint density at radius 1 is 1.24 bits per heavy atom. The average molecular weight is 469 g/mol. The van der Waals surface area contributed by atoms with E-state index < -0.39 is 17.1 Å². The van der Waals surface area contributed by atoms with E-state index in [1.807, 2.05) is 26.0 Å². The smallest absolute Gasteiger partial charge is 0.439 e. The molecule has 0 unspecified atom stereocenters. The molecule has 1 fully saturated rings. The molecule has 1 aliphatic heterocycles. The van der Waals surface area contributed by atoms with Crippen LogP contribution in [0.15, 0.2) is 33.6 Å². The maximum Gasteiger partial charge on any atom is 0.439 e. The molecule has 1 aliphatic carbocycles. The van der Waals surface area contributed by atoms with Crippen LogP contribution in [0, 0.1) is 0 Å². The monoisotopic (exact) mass is 468 g/mol. The fraction of sp³-hybridized carbons (Fsp3) is 0.304. The molecule has 0 atom stereocenters. The van der Waals surface area contributed by atoms with Crippen LogP contribution < -0.4 is 21.1 Å². The molecular formula is C23H21ClN4O5. The highest BCUT2D eigenvalue weighted by Gasteiger charge is 2.57. The molecule has 1 saturated carbocycles. The van der Waals surface area contributed by atoms with Gasteiger partial charge in [-0.3, -0.25) is 19.1 Å². The van der Waals surface area contributed by atoms with Crippen molar-refractivity contribution in [1.29, 1.82) is 0 Å². The van der Waals surface area contributed by atoms with E-state index in [1.54, 1.807) is 12.1 Å². The molecule has 0 bridgehead atoms. The number of rotatable bonds is 6. The minimum atomic E-state index is -0.817. The summed E-state index contributed by atoms with van der Waals surface area (Å²) in [6.07, 6.45) is 2.98. The van der Waals surface area contributed by atoms with Crippen molar-refractivity contribution < 1.29 is 18.8 Å². The Balaban J connectivity index is 1.47. The molecule has 2 amide bonds. The number of hydrogen-bond donors (Lipinski definition) is 3. The summed E-state index contributed by atoms with van der Waals surface area (Å²) in [5, 5.41) is 9.33. The number of benzene rings is 2. The van der Waals surface area contributed by atoms with Crippen molar-refractivity contribution in [2.45, 2.75) is 44.9 Å². The second-order valence-electron chi connectivity index (χ2n) is 8.15. The summed E-state index contributed by atoms with van der Waals surface area (Å²) in [4.78, 5) is 38.1. The topological polar surface area (TPSA) is 126 Å². The Morgan fingerprint density at radius 3 is 2.67 bits per heavy atom. The number of anilines is 2. The summed E-state index contributed by atoms with van der Waals surface area (Å²) in [5.41, 5.74) is 3.67. The zero-order chi connectivity index (χ0) is 23.3. The summed E-state index contributed by atoms with van der Waals surface area (Å²) in [6.45, 7) is 3.99. The van der Waals surface area contributed by atoms with E-state index in [4.69, 9.17) is 16.3 Å². The lowest BCUT2D eigenvalue weighted by Crippen LogP contribution is -2.19. The van der Waals surface area contributed by atoms with Crippen molar-refractivity contribution in [3.05, 3.63) is 62.4 Å². The molecule has 0 radical (unpaired) electrons. The lowest BCUT2D eigenvalue weighted by Gasteiger charge is -2.19. The summed E-state index contributed by atoms with van der Waals surface area (Å²) >= 11 is 6.57. The van der Waals surface area contributed by atoms with Gasteiger partial charge in [0.05, 0.1) is 10.4 Å². The minimum Gasteiger partial charge on any atom is -0.455 e. The molecule has 3 aromatic rings. The third-order valence-electron chi connectivity index (χ3n) is 6.16. The second kappa shape index (κ2) is 7.77. The van der Waals surface area contributed by atoms with Gasteiger partial charge in [-0.05, 0) is 66.2 Å². The Hall–Kier alpha value is -3.59. The number of halogens is 1. The van der Waals surface area contributed by atoms with Gasteiger partial charge in [0.2, 0.25) is 11.7 Å². The van der Waals surface area contributed by atoms with Gasteiger partial charge in [0.1, 0.15) is 11.5 Å². The van der Waals surface area contributed by atoms with Gasteiger partial charge in [0.15, 0.2) is 0 Å². The van der Waals surface area contributed by atoms with Crippen LogP contribution in [0.2, 0.25) is 5.02 Å². The van der Waals surface area contributed by atoms with Crippen molar-refractivity contribution in [2.75, 3.05) is 10.6 Å². The zero-order valence-electron chi connectivity index (χ0n) is 18.0. The summed E-state index contributed by atoms with van der Waals surface area (Å²) in [5.74, 6) is -0.479. The first-order valence-electron chi connectivity index (χ1n) is 10.7. The summed E-state index contributed by atoms with van der Waals surface area (Å²) in [6, 6.07) is 7.05. The molecule has 5 rings (SSSR count). The molecule has 2 heterocycles.